The molecule has 4 aromatic rings. The van der Waals surface area contributed by atoms with Gasteiger partial charge in [0.15, 0.2) is 5.82 Å². The monoisotopic (exact) mass is 453 g/mol. The standard InChI is InChI=1S/C20H23N9O2S/c1-27-9-7-17(25-27)26-32(30,31)15-3-4-18(22-11-15)28(2)14-6-10-29(12-14)20-16-5-8-21-19(16)23-13-24-20/h3-5,7-9,11,13-14H,6,10,12H2,1-2H3,(H,25,26)(H,21,23,24)/t14-/m1/s1. The van der Waals surface area contributed by atoms with E-state index in [9.17, 15) is 8.42 Å². The van der Waals surface area contributed by atoms with Gasteiger partial charge in [-0.1, -0.05) is 0 Å². The van der Waals surface area contributed by atoms with Crippen LogP contribution in [0, 0.1) is 0 Å². The number of aryl methyl sites for hydroxylation is 1. The highest BCUT2D eigenvalue weighted by atomic mass is 32.2. The van der Waals surface area contributed by atoms with Crippen molar-refractivity contribution in [1.29, 1.82) is 0 Å². The number of nitrogens with zero attached hydrogens (tertiary/aromatic N) is 7. The molecule has 0 spiro atoms. The van der Waals surface area contributed by atoms with Crippen LogP contribution in [-0.2, 0) is 17.1 Å². The van der Waals surface area contributed by atoms with Gasteiger partial charge in [-0.15, -0.1) is 0 Å². The Labute approximate surface area is 185 Å². The van der Waals surface area contributed by atoms with E-state index in [-0.39, 0.29) is 16.8 Å². The second-order valence-corrected chi connectivity index (χ2v) is 9.45. The molecular formula is C20H23N9O2S. The van der Waals surface area contributed by atoms with E-state index >= 15 is 0 Å². The summed E-state index contributed by atoms with van der Waals surface area (Å²) in [6.45, 7) is 1.66. The van der Waals surface area contributed by atoms with Gasteiger partial charge in [-0.25, -0.2) is 23.4 Å². The summed E-state index contributed by atoms with van der Waals surface area (Å²) < 4.78 is 29.2. The predicted molar refractivity (Wildman–Crippen MR) is 121 cm³/mol. The van der Waals surface area contributed by atoms with E-state index in [2.05, 4.69) is 39.6 Å². The molecule has 166 valence electrons. The summed E-state index contributed by atoms with van der Waals surface area (Å²) in [5.41, 5.74) is 0.824. The zero-order chi connectivity index (χ0) is 22.3. The Hall–Kier alpha value is -3.67. The molecule has 12 heteroatoms. The van der Waals surface area contributed by atoms with E-state index < -0.39 is 10.0 Å². The molecule has 0 bridgehead atoms. The van der Waals surface area contributed by atoms with Crippen molar-refractivity contribution in [2.75, 3.05) is 34.7 Å². The molecule has 2 N–H and O–H groups in total. The lowest BCUT2D eigenvalue weighted by molar-refractivity contribution is 0.600. The van der Waals surface area contributed by atoms with Gasteiger partial charge < -0.3 is 14.8 Å². The molecule has 1 saturated heterocycles. The van der Waals surface area contributed by atoms with Gasteiger partial charge in [0.25, 0.3) is 10.0 Å². The van der Waals surface area contributed by atoms with Gasteiger partial charge in [-0.2, -0.15) is 5.10 Å². The third-order valence-corrected chi connectivity index (χ3v) is 7.03. The van der Waals surface area contributed by atoms with Gasteiger partial charge in [-0.05, 0) is 24.6 Å². The highest BCUT2D eigenvalue weighted by Gasteiger charge is 2.29. The number of H-pyrrole nitrogens is 1. The predicted octanol–water partition coefficient (Wildman–Crippen LogP) is 1.60. The Balaban J connectivity index is 1.29. The largest absolute Gasteiger partial charge is 0.355 e. The van der Waals surface area contributed by atoms with E-state index in [0.29, 0.717) is 5.82 Å². The van der Waals surface area contributed by atoms with Crippen molar-refractivity contribution in [3.05, 3.63) is 49.2 Å². The van der Waals surface area contributed by atoms with Crippen molar-refractivity contribution in [2.24, 2.45) is 7.05 Å². The lowest BCUT2D eigenvalue weighted by atomic mass is 10.2. The smallest absolute Gasteiger partial charge is 0.264 e. The van der Waals surface area contributed by atoms with Gasteiger partial charge in [-0.3, -0.25) is 9.40 Å². The molecule has 0 aliphatic carbocycles. The number of hydrogen-bond acceptors (Lipinski definition) is 8. The van der Waals surface area contributed by atoms with E-state index in [4.69, 9.17) is 0 Å². The second-order valence-electron chi connectivity index (χ2n) is 7.77. The maximum Gasteiger partial charge on any atom is 0.264 e. The van der Waals surface area contributed by atoms with Crippen molar-refractivity contribution in [2.45, 2.75) is 17.4 Å². The Bertz CT molecular complexity index is 1350. The van der Waals surface area contributed by atoms with Crippen LogP contribution in [0.15, 0.2) is 54.1 Å². The second kappa shape index (κ2) is 7.79. The molecule has 1 aliphatic heterocycles. The van der Waals surface area contributed by atoms with Crippen LogP contribution < -0.4 is 14.5 Å². The molecule has 1 aliphatic rings. The fourth-order valence-electron chi connectivity index (χ4n) is 3.95. The van der Waals surface area contributed by atoms with Crippen molar-refractivity contribution < 1.29 is 8.42 Å². The number of anilines is 3. The zero-order valence-corrected chi connectivity index (χ0v) is 18.5. The van der Waals surface area contributed by atoms with E-state index in [1.807, 2.05) is 19.3 Å². The Morgan fingerprint density at radius 1 is 1.19 bits per heavy atom. The quantitative estimate of drug-likeness (QED) is 0.451. The number of rotatable bonds is 6. The van der Waals surface area contributed by atoms with Crippen molar-refractivity contribution >= 4 is 38.5 Å². The molecule has 5 rings (SSSR count). The highest BCUT2D eigenvalue weighted by Crippen LogP contribution is 2.28. The van der Waals surface area contributed by atoms with Crippen LogP contribution in [0.25, 0.3) is 11.0 Å². The summed E-state index contributed by atoms with van der Waals surface area (Å²) in [7, 11) is -0.0569. The number of hydrogen-bond donors (Lipinski definition) is 2. The number of aromatic amines is 1. The van der Waals surface area contributed by atoms with Gasteiger partial charge in [0.2, 0.25) is 0 Å². The third-order valence-electron chi connectivity index (χ3n) is 5.69. The number of aromatic nitrogens is 6. The molecule has 4 aromatic heterocycles. The van der Waals surface area contributed by atoms with Crippen LogP contribution in [0.3, 0.4) is 0 Å². The molecule has 0 saturated carbocycles. The molecule has 11 nitrogen and oxygen atoms in total. The molecule has 1 fully saturated rings. The Morgan fingerprint density at radius 2 is 2.06 bits per heavy atom. The Kier molecular flexibility index (Phi) is 4.93. The number of pyridine rings is 1. The number of likely N-dealkylation sites (N-methyl/N-ethyl adjacent to an activating group) is 1. The first kappa shape index (κ1) is 20.2. The average Bonchev–Trinajstić information content (AvgIpc) is 3.54. The molecule has 32 heavy (non-hydrogen) atoms. The first-order chi connectivity index (χ1) is 15.4. The number of fused-ring (bicyclic) bond motifs is 1. The summed E-state index contributed by atoms with van der Waals surface area (Å²) in [4.78, 5) is 20.7. The summed E-state index contributed by atoms with van der Waals surface area (Å²) >= 11 is 0. The minimum absolute atomic E-state index is 0.0872. The maximum atomic E-state index is 12.6. The minimum Gasteiger partial charge on any atom is -0.355 e. The number of nitrogens with one attached hydrogen (secondary N) is 2. The lowest BCUT2D eigenvalue weighted by Crippen LogP contribution is -2.35. The lowest BCUT2D eigenvalue weighted by Gasteiger charge is -2.26. The molecule has 0 amide bonds. The van der Waals surface area contributed by atoms with Gasteiger partial charge in [0, 0.05) is 57.9 Å². The maximum absolute atomic E-state index is 12.6. The van der Waals surface area contributed by atoms with E-state index in [1.165, 1.54) is 10.9 Å². The summed E-state index contributed by atoms with van der Waals surface area (Å²) in [6.07, 6.45) is 7.42. The first-order valence-electron chi connectivity index (χ1n) is 10.1. The fourth-order valence-corrected chi connectivity index (χ4v) is 4.89. The van der Waals surface area contributed by atoms with Crippen LogP contribution in [-0.4, -0.2) is 64.3 Å². The minimum atomic E-state index is -3.75. The first-order valence-corrected chi connectivity index (χ1v) is 11.6. The van der Waals surface area contributed by atoms with Gasteiger partial charge >= 0.3 is 0 Å². The van der Waals surface area contributed by atoms with Crippen LogP contribution in [0.4, 0.5) is 17.5 Å². The van der Waals surface area contributed by atoms with Crippen molar-refractivity contribution in [1.82, 2.24) is 29.7 Å². The van der Waals surface area contributed by atoms with Crippen molar-refractivity contribution in [3.8, 4) is 0 Å². The summed E-state index contributed by atoms with van der Waals surface area (Å²) in [6, 6.07) is 7.09. The summed E-state index contributed by atoms with van der Waals surface area (Å²) in [5, 5.41) is 5.05. The average molecular weight is 454 g/mol. The van der Waals surface area contributed by atoms with Gasteiger partial charge in [0.05, 0.1) is 5.39 Å². The van der Waals surface area contributed by atoms with Crippen molar-refractivity contribution in [3.63, 3.8) is 0 Å². The zero-order valence-electron chi connectivity index (χ0n) is 17.7. The topological polar surface area (TPSA) is 125 Å². The molecule has 0 radical (unpaired) electrons. The summed E-state index contributed by atoms with van der Waals surface area (Å²) in [5.74, 6) is 1.89. The highest BCUT2D eigenvalue weighted by molar-refractivity contribution is 7.92. The van der Waals surface area contributed by atoms with E-state index in [1.54, 1.807) is 37.8 Å². The molecule has 0 aromatic carbocycles. The molecule has 0 unspecified atom stereocenters. The van der Waals surface area contributed by atoms with Crippen LogP contribution in [0.5, 0.6) is 0 Å². The number of sulfonamides is 1. The van der Waals surface area contributed by atoms with Crippen LogP contribution in [0.1, 0.15) is 6.42 Å². The molecule has 5 heterocycles. The molecule has 1 atom stereocenters. The SMILES string of the molecule is CN(c1ccc(S(=O)(=O)Nc2ccn(C)n2)cn1)[C@@H]1CCN(c2ncnc3[nH]ccc23)C1. The van der Waals surface area contributed by atoms with Gasteiger partial charge in [0.1, 0.15) is 28.5 Å². The molecular weight excluding hydrogens is 430 g/mol. The van der Waals surface area contributed by atoms with Crippen LogP contribution >= 0.6 is 0 Å². The fraction of sp³-hybridized carbons (Fsp3) is 0.300. The third kappa shape index (κ3) is 3.73. The van der Waals surface area contributed by atoms with E-state index in [0.717, 1.165) is 36.4 Å². The Morgan fingerprint density at radius 3 is 2.81 bits per heavy atom. The normalized spacial score (nSPS) is 16.6. The van der Waals surface area contributed by atoms with Crippen LogP contribution in [0.2, 0.25) is 0 Å².